The van der Waals surface area contributed by atoms with Gasteiger partial charge in [-0.2, -0.15) is 0 Å². The highest BCUT2D eigenvalue weighted by molar-refractivity contribution is 6.34. The van der Waals surface area contributed by atoms with Crippen molar-refractivity contribution in [1.29, 1.82) is 0 Å². The first-order valence-electron chi connectivity index (χ1n) is 8.34. The van der Waals surface area contributed by atoms with Crippen LogP contribution in [0, 0.1) is 0 Å². The summed E-state index contributed by atoms with van der Waals surface area (Å²) in [6, 6.07) is 0. The summed E-state index contributed by atoms with van der Waals surface area (Å²) in [7, 11) is 0. The Bertz CT molecular complexity index is 154. The average molecular weight is 267 g/mol. The van der Waals surface area contributed by atoms with Crippen molar-refractivity contribution in [1.82, 2.24) is 0 Å². The van der Waals surface area contributed by atoms with Crippen molar-refractivity contribution in [3.05, 3.63) is 0 Å². The van der Waals surface area contributed by atoms with Crippen LogP contribution in [0.2, 0.25) is 10.6 Å². The topological polar surface area (TPSA) is 9.23 Å². The zero-order chi connectivity index (χ0) is 13.1. The van der Waals surface area contributed by atoms with Crippen LogP contribution in [0.15, 0.2) is 0 Å². The maximum atomic E-state index is 6.13. The molecule has 2 heteroatoms. The molecule has 0 unspecified atom stereocenters. The van der Waals surface area contributed by atoms with Crippen LogP contribution in [0.3, 0.4) is 0 Å². The quantitative estimate of drug-likeness (QED) is 0.633. The molecular weight excluding hydrogens is 235 g/mol. The van der Waals surface area contributed by atoms with E-state index in [1.807, 2.05) is 0 Å². The largest absolute Gasteiger partial charge is 0.375 e. The van der Waals surface area contributed by atoms with E-state index < -0.39 is 0 Å². The van der Waals surface area contributed by atoms with Crippen LogP contribution in [0.5, 0.6) is 0 Å². The fourth-order valence-electron chi connectivity index (χ4n) is 2.96. The molecule has 2 saturated carbocycles. The maximum Gasteiger partial charge on any atom is 0.198 e. The first kappa shape index (κ1) is 16.5. The summed E-state index contributed by atoms with van der Waals surface area (Å²) in [6.45, 7) is 4.50. The zero-order valence-corrected chi connectivity index (χ0v) is 13.8. The Morgan fingerprint density at radius 3 is 1.39 bits per heavy atom. The lowest BCUT2D eigenvalue weighted by Gasteiger charge is -2.29. The lowest BCUT2D eigenvalue weighted by atomic mass is 9.95. The molecule has 0 heterocycles. The van der Waals surface area contributed by atoms with E-state index in [-0.39, 0.29) is 0 Å². The number of rotatable bonds is 4. The van der Waals surface area contributed by atoms with Crippen molar-refractivity contribution < 1.29 is 4.74 Å². The predicted molar refractivity (Wildman–Crippen MR) is 81.5 cm³/mol. The molecule has 0 amide bonds. The van der Waals surface area contributed by atoms with Gasteiger partial charge in [-0.25, -0.2) is 0 Å². The standard InChI is InChI=1S/C12H22O.2C2H5.Al/c1-3-7-11(8-4-1)13-12-9-5-2-6-10-12;2*1-2;/h11-12H,1-10H2;2*1H2,2H3;. The Kier molecular flexibility index (Phi) is 10.4. The lowest BCUT2D eigenvalue weighted by Crippen LogP contribution is -2.25. The van der Waals surface area contributed by atoms with E-state index in [0.29, 0.717) is 12.2 Å². The fraction of sp³-hybridized carbons (Fsp3) is 1.00. The van der Waals surface area contributed by atoms with Crippen molar-refractivity contribution in [3.63, 3.8) is 0 Å². The van der Waals surface area contributed by atoms with Crippen molar-refractivity contribution in [2.45, 2.75) is 101 Å². The maximum absolute atomic E-state index is 6.13. The molecule has 0 saturated heterocycles. The van der Waals surface area contributed by atoms with E-state index in [2.05, 4.69) is 13.8 Å². The zero-order valence-electron chi connectivity index (χ0n) is 12.6. The Labute approximate surface area is 121 Å². The van der Waals surface area contributed by atoms with Crippen LogP contribution in [0.25, 0.3) is 0 Å². The highest BCUT2D eigenvalue weighted by Gasteiger charge is 2.20. The van der Waals surface area contributed by atoms with E-state index in [1.165, 1.54) is 74.8 Å². The van der Waals surface area contributed by atoms with E-state index in [9.17, 15) is 0 Å². The summed E-state index contributed by atoms with van der Waals surface area (Å²) in [6.07, 6.45) is 15.0. The molecule has 2 aliphatic rings. The van der Waals surface area contributed by atoms with Crippen LogP contribution >= 0.6 is 0 Å². The molecule has 0 aromatic heterocycles. The van der Waals surface area contributed by atoms with Crippen LogP contribution in [0.4, 0.5) is 0 Å². The van der Waals surface area contributed by atoms with Crippen molar-refractivity contribution in [2.75, 3.05) is 0 Å². The third-order valence-corrected chi connectivity index (χ3v) is 5.22. The minimum Gasteiger partial charge on any atom is -0.375 e. The third kappa shape index (κ3) is 7.82. The summed E-state index contributed by atoms with van der Waals surface area (Å²) in [5, 5.41) is 2.85. The van der Waals surface area contributed by atoms with E-state index in [1.54, 1.807) is 0 Å². The molecule has 0 atom stereocenters. The Hall–Kier alpha value is 0.492. The molecule has 0 aromatic carbocycles. The Morgan fingerprint density at radius 1 is 0.722 bits per heavy atom. The number of hydrogen-bond donors (Lipinski definition) is 0. The minimum atomic E-state index is 0.622. The van der Waals surface area contributed by atoms with Gasteiger partial charge in [0.2, 0.25) is 0 Å². The smallest absolute Gasteiger partial charge is 0.198 e. The van der Waals surface area contributed by atoms with Gasteiger partial charge in [0, 0.05) is 0 Å². The van der Waals surface area contributed by atoms with Gasteiger partial charge in [0.15, 0.2) is 15.2 Å². The van der Waals surface area contributed by atoms with Gasteiger partial charge in [-0.05, 0) is 25.7 Å². The normalized spacial score (nSPS) is 22.1. The van der Waals surface area contributed by atoms with Gasteiger partial charge in [-0.1, -0.05) is 52.4 Å². The van der Waals surface area contributed by atoms with Gasteiger partial charge >= 0.3 is 0 Å². The molecule has 2 fully saturated rings. The summed E-state index contributed by atoms with van der Waals surface area (Å²) < 4.78 is 6.13. The first-order chi connectivity index (χ1) is 8.86. The van der Waals surface area contributed by atoms with Crippen LogP contribution in [-0.2, 0) is 4.74 Å². The molecule has 0 N–H and O–H groups in total. The van der Waals surface area contributed by atoms with Gasteiger partial charge in [0.1, 0.15) is 0 Å². The molecule has 0 aliphatic heterocycles. The second kappa shape index (κ2) is 11.3. The predicted octanol–water partition coefficient (Wildman–Crippen LogP) is 5.24. The van der Waals surface area contributed by atoms with Crippen LogP contribution < -0.4 is 0 Å². The van der Waals surface area contributed by atoms with Gasteiger partial charge in [-0.15, -0.1) is 10.6 Å². The molecule has 1 nitrogen and oxygen atoms in total. The van der Waals surface area contributed by atoms with Crippen molar-refractivity contribution in [3.8, 4) is 0 Å². The van der Waals surface area contributed by atoms with Gasteiger partial charge in [0.05, 0.1) is 12.2 Å². The van der Waals surface area contributed by atoms with E-state index >= 15 is 0 Å². The summed E-state index contributed by atoms with van der Waals surface area (Å²) in [5.41, 5.74) is 0. The van der Waals surface area contributed by atoms with Crippen LogP contribution in [-0.4, -0.2) is 27.4 Å². The highest BCUT2D eigenvalue weighted by Crippen LogP contribution is 2.26. The van der Waals surface area contributed by atoms with E-state index in [0.717, 1.165) is 15.2 Å². The second-order valence-electron chi connectivity index (χ2n) is 5.76. The number of hydrogen-bond acceptors (Lipinski definition) is 1. The van der Waals surface area contributed by atoms with E-state index in [4.69, 9.17) is 4.74 Å². The Morgan fingerprint density at radius 2 is 1.11 bits per heavy atom. The minimum absolute atomic E-state index is 0.622. The summed E-state index contributed by atoms with van der Waals surface area (Å²) >= 11 is 0.815. The molecule has 2 aliphatic carbocycles. The second-order valence-corrected chi connectivity index (χ2v) is 7.97. The molecule has 0 bridgehead atoms. The average Bonchev–Trinajstić information content (AvgIpc) is 2.43. The molecule has 0 aromatic rings. The molecule has 0 spiro atoms. The van der Waals surface area contributed by atoms with Gasteiger partial charge in [-0.3, -0.25) is 0 Å². The summed E-state index contributed by atoms with van der Waals surface area (Å²) in [4.78, 5) is 0. The molecule has 105 valence electrons. The monoisotopic (exact) mass is 267 g/mol. The Balaban J connectivity index is 0.000000280. The fourth-order valence-corrected chi connectivity index (χ4v) is 3.54. The van der Waals surface area contributed by atoms with Crippen molar-refractivity contribution >= 4 is 15.2 Å². The highest BCUT2D eigenvalue weighted by atomic mass is 27.1. The van der Waals surface area contributed by atoms with Gasteiger partial charge in [0.25, 0.3) is 0 Å². The SMILES string of the molecule is C1CCC(OC2CCCCC2)CC1.C[CH2][Al][CH2]C. The lowest BCUT2D eigenvalue weighted by molar-refractivity contribution is -0.0450. The first-order valence-corrected chi connectivity index (χ1v) is 9.97. The molecule has 2 rings (SSSR count). The summed E-state index contributed by atoms with van der Waals surface area (Å²) in [5.74, 6) is 0. The number of ether oxygens (including phenoxy) is 1. The van der Waals surface area contributed by atoms with Crippen LogP contribution in [0.1, 0.15) is 78.1 Å². The molecule has 1 radical (unpaired) electrons. The molecular formula is C16H32AlO. The third-order valence-electron chi connectivity index (χ3n) is 4.07. The van der Waals surface area contributed by atoms with Crippen molar-refractivity contribution in [2.24, 2.45) is 0 Å². The molecule has 18 heavy (non-hydrogen) atoms. The van der Waals surface area contributed by atoms with Gasteiger partial charge < -0.3 is 4.74 Å².